The number of hydrogen-bond acceptors (Lipinski definition) is 0. The quantitative estimate of drug-likeness (QED) is 0.518. The van der Waals surface area contributed by atoms with Gasteiger partial charge in [0.15, 0.2) is 0 Å². The predicted molar refractivity (Wildman–Crippen MR) is 91.5 cm³/mol. The van der Waals surface area contributed by atoms with Crippen LogP contribution in [0.1, 0.15) is 58.7 Å². The molecule has 1 aromatic rings. The molecule has 1 aliphatic rings. The van der Waals surface area contributed by atoms with Crippen LogP contribution in [0.15, 0.2) is 36.4 Å². The van der Waals surface area contributed by atoms with Gasteiger partial charge in [-0.25, -0.2) is 0 Å². The van der Waals surface area contributed by atoms with Gasteiger partial charge >= 0.3 is 0 Å². The summed E-state index contributed by atoms with van der Waals surface area (Å²) in [7, 11) is 0. The Morgan fingerprint density at radius 3 is 2.10 bits per heavy atom. The first-order chi connectivity index (χ1) is 7.48. The number of benzene rings is 1. The van der Waals surface area contributed by atoms with Gasteiger partial charge in [0.1, 0.15) is 0 Å². The number of allylic oxidation sites excluding steroid dienone is 4. The van der Waals surface area contributed by atoms with Crippen molar-refractivity contribution in [3.63, 3.8) is 0 Å². The standard InChI is InChI=1S/C16H20.2CH4.CH3.Y/c1-12-9-10-14(16(2,3)4)11-15(12)13-7-5-6-8-13;;;;/h5-7,9-11H,8H2,1-4H3;2*1H4;1H3;/q;;;-1;. The zero-order valence-corrected chi connectivity index (χ0v) is 15.1. The molecule has 0 amide bonds. The average molecular weight is 348 g/mol. The molecule has 0 heterocycles. The van der Waals surface area contributed by atoms with Crippen LogP contribution < -0.4 is 0 Å². The Labute approximate surface area is 152 Å². The second kappa shape index (κ2) is 9.69. The van der Waals surface area contributed by atoms with Gasteiger partial charge in [-0.3, -0.25) is 0 Å². The predicted octanol–water partition coefficient (Wildman–Crippen LogP) is 6.36. The van der Waals surface area contributed by atoms with Gasteiger partial charge in [0.05, 0.1) is 0 Å². The molecule has 0 aromatic heterocycles. The normalized spacial score (nSPS) is 12.3. The molecule has 0 fully saturated rings. The largest absolute Gasteiger partial charge is 0.358 e. The molecule has 0 unspecified atom stereocenters. The molecule has 111 valence electrons. The van der Waals surface area contributed by atoms with Crippen LogP contribution in [0.25, 0.3) is 5.57 Å². The summed E-state index contributed by atoms with van der Waals surface area (Å²) in [6, 6.07) is 6.85. The Morgan fingerprint density at radius 1 is 1.05 bits per heavy atom. The molecule has 0 saturated heterocycles. The minimum absolute atomic E-state index is 0. The molecule has 0 aliphatic heterocycles. The van der Waals surface area contributed by atoms with Gasteiger partial charge < -0.3 is 7.43 Å². The van der Waals surface area contributed by atoms with Crippen LogP contribution in [0, 0.1) is 14.4 Å². The number of rotatable bonds is 1. The van der Waals surface area contributed by atoms with Crippen molar-refractivity contribution in [3.8, 4) is 0 Å². The van der Waals surface area contributed by atoms with Gasteiger partial charge in [0.2, 0.25) is 0 Å². The molecule has 2 rings (SSSR count). The Bertz CT molecular complexity index is 459. The molecule has 0 N–H and O–H groups in total. The molecule has 20 heavy (non-hydrogen) atoms. The van der Waals surface area contributed by atoms with Gasteiger partial charge in [-0.15, -0.1) is 0 Å². The van der Waals surface area contributed by atoms with Crippen LogP contribution in [0.5, 0.6) is 0 Å². The van der Waals surface area contributed by atoms with E-state index in [2.05, 4.69) is 64.1 Å². The van der Waals surface area contributed by atoms with Gasteiger partial charge in [-0.1, -0.05) is 72.1 Å². The van der Waals surface area contributed by atoms with Gasteiger partial charge in [0, 0.05) is 32.7 Å². The third-order valence-electron chi connectivity index (χ3n) is 3.22. The first-order valence-corrected chi connectivity index (χ1v) is 5.96. The Hall–Kier alpha value is -0.196. The molecule has 0 saturated carbocycles. The van der Waals surface area contributed by atoms with E-state index in [1.54, 1.807) is 0 Å². The zero-order valence-electron chi connectivity index (χ0n) is 12.2. The van der Waals surface area contributed by atoms with Gasteiger partial charge in [0.25, 0.3) is 0 Å². The van der Waals surface area contributed by atoms with Crippen molar-refractivity contribution in [1.82, 2.24) is 0 Å². The van der Waals surface area contributed by atoms with E-state index in [0.717, 1.165) is 6.42 Å². The van der Waals surface area contributed by atoms with Crippen LogP contribution in [-0.4, -0.2) is 0 Å². The Balaban J connectivity index is -0.000000722. The van der Waals surface area contributed by atoms with Crippen LogP contribution in [0.4, 0.5) is 0 Å². The molecule has 1 aromatic carbocycles. The first kappa shape index (κ1) is 24.8. The molecule has 1 aliphatic carbocycles. The maximum absolute atomic E-state index is 2.36. The van der Waals surface area contributed by atoms with E-state index in [9.17, 15) is 0 Å². The van der Waals surface area contributed by atoms with Crippen molar-refractivity contribution in [2.24, 2.45) is 0 Å². The van der Waals surface area contributed by atoms with Crippen LogP contribution in [0.2, 0.25) is 0 Å². The van der Waals surface area contributed by atoms with E-state index < -0.39 is 0 Å². The average Bonchev–Trinajstić information content (AvgIpc) is 2.69. The summed E-state index contributed by atoms with van der Waals surface area (Å²) in [5, 5.41) is 0. The fourth-order valence-electron chi connectivity index (χ4n) is 2.08. The van der Waals surface area contributed by atoms with E-state index in [4.69, 9.17) is 0 Å². The monoisotopic (exact) mass is 348 g/mol. The first-order valence-electron chi connectivity index (χ1n) is 5.96. The Morgan fingerprint density at radius 2 is 1.65 bits per heavy atom. The summed E-state index contributed by atoms with van der Waals surface area (Å²) in [5.41, 5.74) is 5.89. The molecule has 1 heteroatoms. The minimum atomic E-state index is 0. The summed E-state index contributed by atoms with van der Waals surface area (Å²) in [6.45, 7) is 9.00. The van der Waals surface area contributed by atoms with Gasteiger partial charge in [-0.2, -0.15) is 0 Å². The maximum Gasteiger partial charge on any atom is 0 e. The Kier molecular flexibility index (Phi) is 12.0. The van der Waals surface area contributed by atoms with Crippen LogP contribution in [0.3, 0.4) is 0 Å². The van der Waals surface area contributed by atoms with Gasteiger partial charge in [-0.05, 0) is 41.0 Å². The van der Waals surface area contributed by atoms with Crippen molar-refractivity contribution in [2.45, 2.75) is 54.4 Å². The third kappa shape index (κ3) is 5.66. The van der Waals surface area contributed by atoms with Crippen molar-refractivity contribution in [1.29, 1.82) is 0 Å². The molecule has 0 spiro atoms. The van der Waals surface area contributed by atoms with Crippen molar-refractivity contribution in [2.75, 3.05) is 0 Å². The summed E-state index contributed by atoms with van der Waals surface area (Å²) in [5.74, 6) is 0. The summed E-state index contributed by atoms with van der Waals surface area (Å²) < 4.78 is 0. The topological polar surface area (TPSA) is 0 Å². The van der Waals surface area contributed by atoms with Crippen LogP contribution in [-0.2, 0) is 38.1 Å². The molecule has 1 radical (unpaired) electrons. The van der Waals surface area contributed by atoms with E-state index >= 15 is 0 Å². The van der Waals surface area contributed by atoms with Crippen molar-refractivity contribution in [3.05, 3.63) is 60.5 Å². The van der Waals surface area contributed by atoms with Crippen LogP contribution >= 0.6 is 0 Å². The number of hydrogen-bond donors (Lipinski definition) is 0. The number of aryl methyl sites for hydroxylation is 1. The van der Waals surface area contributed by atoms with Crippen molar-refractivity contribution >= 4 is 5.57 Å². The van der Waals surface area contributed by atoms with E-state index in [1.807, 2.05) is 0 Å². The van der Waals surface area contributed by atoms with Crippen molar-refractivity contribution < 1.29 is 32.7 Å². The second-order valence-corrected chi connectivity index (χ2v) is 5.60. The molecule has 0 bridgehead atoms. The minimum Gasteiger partial charge on any atom is -0.358 e. The fourth-order valence-corrected chi connectivity index (χ4v) is 2.08. The molecule has 0 atom stereocenters. The zero-order chi connectivity index (χ0) is 11.8. The van der Waals surface area contributed by atoms with E-state index in [1.165, 1.54) is 22.3 Å². The second-order valence-electron chi connectivity index (χ2n) is 5.60. The summed E-state index contributed by atoms with van der Waals surface area (Å²) >= 11 is 0. The third-order valence-corrected chi connectivity index (χ3v) is 3.22. The molecular weight excluding hydrogens is 317 g/mol. The maximum atomic E-state index is 2.36. The van der Waals surface area contributed by atoms with E-state index in [-0.39, 0.29) is 60.4 Å². The van der Waals surface area contributed by atoms with E-state index in [0.29, 0.717) is 0 Å². The fraction of sp³-hybridized carbons (Fsp3) is 0.421. The molecule has 0 nitrogen and oxygen atoms in total. The summed E-state index contributed by atoms with van der Waals surface area (Å²) in [4.78, 5) is 0. The SMILES string of the molecule is C.C.Cc1ccc(C(C)(C)C)cc1C1=CC=CC1.[CH3-].[Y]. The molecular formula is C19H31Y-. The smallest absolute Gasteiger partial charge is 0 e. The summed E-state index contributed by atoms with van der Waals surface area (Å²) in [6.07, 6.45) is 7.68.